The molecule has 0 aliphatic rings. The van der Waals surface area contributed by atoms with Crippen molar-refractivity contribution in [3.8, 4) is 5.75 Å². The number of carboxylic acid groups (broad SMARTS) is 1. The Balaban J connectivity index is 3.08. The van der Waals surface area contributed by atoms with E-state index in [1.165, 1.54) is 19.1 Å². The minimum Gasteiger partial charge on any atom is -0.508 e. The quantitative estimate of drug-likeness (QED) is 0.0668. The Bertz CT molecular complexity index is 1440. The van der Waals surface area contributed by atoms with Gasteiger partial charge in [-0.3, -0.25) is 38.4 Å². The zero-order chi connectivity index (χ0) is 39.9. The van der Waals surface area contributed by atoms with E-state index in [9.17, 15) is 48.6 Å². The highest BCUT2D eigenvalue weighted by molar-refractivity contribution is 5.98. The van der Waals surface area contributed by atoms with Gasteiger partial charge in [-0.15, -0.1) is 0 Å². The second kappa shape index (κ2) is 21.2. The average Bonchev–Trinajstić information content (AvgIpc) is 3.06. The first-order valence-electron chi connectivity index (χ1n) is 17.0. The SMILES string of the molecule is CC[C@H](C)[C@H](NC(=O)[C@@H](C)NC(=O)[C@@H](N)Cc1ccc(O)cc1)C(=O)N[C@@H](CC(=O)O)C(=O)N[C@H](C(=O)N[C@H](C(=O)NCC(N)=O)C(C)C)C(C)C. The third kappa shape index (κ3) is 14.9. The largest absolute Gasteiger partial charge is 0.508 e. The minimum absolute atomic E-state index is 0.0482. The number of amides is 7. The number of benzene rings is 1. The molecule has 1 rings (SSSR count). The van der Waals surface area contributed by atoms with Gasteiger partial charge in [0.2, 0.25) is 41.4 Å². The Labute approximate surface area is 303 Å². The lowest BCUT2D eigenvalue weighted by molar-refractivity contribution is -0.142. The molecule has 1 aromatic carbocycles. The van der Waals surface area contributed by atoms with Crippen molar-refractivity contribution < 1.29 is 48.6 Å². The van der Waals surface area contributed by atoms with Crippen LogP contribution in [0.4, 0.5) is 0 Å². The van der Waals surface area contributed by atoms with Crippen LogP contribution in [0.25, 0.3) is 0 Å². The van der Waals surface area contributed by atoms with Gasteiger partial charge in [-0.2, -0.15) is 0 Å². The van der Waals surface area contributed by atoms with Crippen LogP contribution in [0, 0.1) is 17.8 Å². The molecular weight excluding hydrogens is 680 g/mol. The van der Waals surface area contributed by atoms with Crippen LogP contribution in [0.1, 0.15) is 66.9 Å². The van der Waals surface area contributed by atoms with Gasteiger partial charge in [-0.1, -0.05) is 60.1 Å². The van der Waals surface area contributed by atoms with Crippen molar-refractivity contribution in [1.82, 2.24) is 31.9 Å². The van der Waals surface area contributed by atoms with Crippen LogP contribution in [0.15, 0.2) is 24.3 Å². The number of carboxylic acids is 1. The summed E-state index contributed by atoms with van der Waals surface area (Å²) >= 11 is 0. The van der Waals surface area contributed by atoms with Crippen LogP contribution in [0.2, 0.25) is 0 Å². The van der Waals surface area contributed by atoms with Crippen molar-refractivity contribution in [2.75, 3.05) is 6.54 Å². The summed E-state index contributed by atoms with van der Waals surface area (Å²) < 4.78 is 0. The second-order valence-electron chi connectivity index (χ2n) is 13.4. The fourth-order valence-corrected chi connectivity index (χ4v) is 4.84. The van der Waals surface area contributed by atoms with E-state index >= 15 is 0 Å². The normalized spacial score (nSPS) is 15.1. The lowest BCUT2D eigenvalue weighted by atomic mass is 9.97. The molecule has 12 N–H and O–H groups in total. The van der Waals surface area contributed by atoms with Gasteiger partial charge in [0.05, 0.1) is 19.0 Å². The van der Waals surface area contributed by atoms with Crippen molar-refractivity contribution in [1.29, 1.82) is 0 Å². The summed E-state index contributed by atoms with van der Waals surface area (Å²) in [6.07, 6.45) is -0.373. The number of nitrogens with two attached hydrogens (primary N) is 2. The second-order valence-corrected chi connectivity index (χ2v) is 13.4. The van der Waals surface area contributed by atoms with Crippen molar-refractivity contribution in [3.63, 3.8) is 0 Å². The van der Waals surface area contributed by atoms with Crippen LogP contribution < -0.4 is 43.4 Å². The first-order valence-corrected chi connectivity index (χ1v) is 17.0. The number of carbonyl (C=O) groups excluding carboxylic acids is 7. The molecule has 0 aliphatic carbocycles. The van der Waals surface area contributed by atoms with Gasteiger partial charge in [0.1, 0.15) is 36.0 Å². The van der Waals surface area contributed by atoms with E-state index in [2.05, 4.69) is 31.9 Å². The Morgan fingerprint density at radius 2 is 1.17 bits per heavy atom. The predicted molar refractivity (Wildman–Crippen MR) is 189 cm³/mol. The molecule has 0 spiro atoms. The highest BCUT2D eigenvalue weighted by atomic mass is 16.4. The number of hydrogen-bond acceptors (Lipinski definition) is 10. The number of hydrogen-bond donors (Lipinski definition) is 10. The monoisotopic (exact) mass is 734 g/mol. The summed E-state index contributed by atoms with van der Waals surface area (Å²) in [6, 6.07) is -1.42. The zero-order valence-corrected chi connectivity index (χ0v) is 30.6. The van der Waals surface area contributed by atoms with Gasteiger partial charge < -0.3 is 53.6 Å². The molecule has 0 fully saturated rings. The number of carbonyl (C=O) groups is 8. The summed E-state index contributed by atoms with van der Waals surface area (Å²) in [5.41, 5.74) is 11.8. The minimum atomic E-state index is -1.68. The van der Waals surface area contributed by atoms with Crippen LogP contribution in [-0.4, -0.2) is 100 Å². The molecule has 18 heteroatoms. The van der Waals surface area contributed by atoms with Gasteiger partial charge in [0, 0.05) is 0 Å². The molecule has 0 radical (unpaired) electrons. The molecule has 0 unspecified atom stereocenters. The fourth-order valence-electron chi connectivity index (χ4n) is 4.84. The molecule has 0 saturated heterocycles. The highest BCUT2D eigenvalue weighted by Crippen LogP contribution is 2.13. The molecule has 7 amide bonds. The summed E-state index contributed by atoms with van der Waals surface area (Å²) in [6.45, 7) is 10.8. The van der Waals surface area contributed by atoms with E-state index < -0.39 is 114 Å². The van der Waals surface area contributed by atoms with Crippen molar-refractivity contribution in [2.24, 2.45) is 29.2 Å². The molecule has 1 aromatic rings. The van der Waals surface area contributed by atoms with E-state index in [4.69, 9.17) is 11.5 Å². The van der Waals surface area contributed by atoms with E-state index in [0.29, 0.717) is 12.0 Å². The molecule has 18 nitrogen and oxygen atoms in total. The smallest absolute Gasteiger partial charge is 0.305 e. The van der Waals surface area contributed by atoms with Crippen LogP contribution in [-0.2, 0) is 44.8 Å². The topological polar surface area (TPSA) is 301 Å². The first-order chi connectivity index (χ1) is 24.2. The molecule has 7 atom stereocenters. The van der Waals surface area contributed by atoms with Gasteiger partial charge in [-0.05, 0) is 48.8 Å². The van der Waals surface area contributed by atoms with Crippen molar-refractivity contribution >= 4 is 47.3 Å². The third-order valence-corrected chi connectivity index (χ3v) is 8.22. The van der Waals surface area contributed by atoms with Crippen LogP contribution >= 0.6 is 0 Å². The molecule has 52 heavy (non-hydrogen) atoms. The van der Waals surface area contributed by atoms with Crippen molar-refractivity contribution in [3.05, 3.63) is 29.8 Å². The first kappa shape index (κ1) is 44.8. The molecule has 290 valence electrons. The number of aliphatic carboxylic acids is 1. The number of rotatable bonds is 21. The summed E-state index contributed by atoms with van der Waals surface area (Å²) in [7, 11) is 0. The molecule has 0 aromatic heterocycles. The van der Waals surface area contributed by atoms with Crippen LogP contribution in [0.3, 0.4) is 0 Å². The number of phenols is 1. The number of phenolic OH excluding ortho intramolecular Hbond substituents is 1. The molecular formula is C34H54N8O10. The Morgan fingerprint density at radius 1 is 0.673 bits per heavy atom. The number of aromatic hydroxyl groups is 1. The summed E-state index contributed by atoms with van der Waals surface area (Å²) in [5, 5.41) is 33.8. The zero-order valence-electron chi connectivity index (χ0n) is 30.6. The number of nitrogens with one attached hydrogen (secondary N) is 6. The highest BCUT2D eigenvalue weighted by Gasteiger charge is 2.36. The van der Waals surface area contributed by atoms with Gasteiger partial charge >= 0.3 is 5.97 Å². The molecule has 0 bridgehead atoms. The van der Waals surface area contributed by atoms with Crippen molar-refractivity contribution in [2.45, 2.75) is 104 Å². The van der Waals surface area contributed by atoms with E-state index in [1.807, 2.05) is 0 Å². The molecule has 0 aliphatic heterocycles. The maximum Gasteiger partial charge on any atom is 0.305 e. The fraction of sp³-hybridized carbons (Fsp3) is 0.588. The Kier molecular flexibility index (Phi) is 18.2. The standard InChI is InChI=1S/C34H54N8O10/c1-8-18(6)28(42-29(47)19(7)38-30(48)22(35)13-20-9-11-21(43)12-10-20)34(52)39-23(14-25(45)46)31(49)40-27(17(4)5)33(51)41-26(16(2)3)32(50)37-15-24(36)44/h9-12,16-19,22-23,26-28,43H,8,13-15,35H2,1-7H3,(H2,36,44)(H,37,50)(H,38,48)(H,39,52)(H,40,49)(H,41,51)(H,42,47)(H,45,46)/t18-,19+,22-,23-,26-,27-,28-/m0/s1. The molecule has 0 heterocycles. The van der Waals surface area contributed by atoms with Crippen LogP contribution in [0.5, 0.6) is 5.75 Å². The van der Waals surface area contributed by atoms with E-state index in [1.54, 1.807) is 53.7 Å². The van der Waals surface area contributed by atoms with Gasteiger partial charge in [0.15, 0.2) is 0 Å². The lowest BCUT2D eigenvalue weighted by Gasteiger charge is -2.29. The maximum atomic E-state index is 13.5. The van der Waals surface area contributed by atoms with E-state index in [-0.39, 0.29) is 12.2 Å². The lowest BCUT2D eigenvalue weighted by Crippen LogP contribution is -2.61. The maximum absolute atomic E-state index is 13.5. The Morgan fingerprint density at radius 3 is 1.67 bits per heavy atom. The van der Waals surface area contributed by atoms with Gasteiger partial charge in [0.25, 0.3) is 0 Å². The summed E-state index contributed by atoms with van der Waals surface area (Å²) in [5.74, 6) is -8.46. The Hall–Kier alpha value is -5.26. The summed E-state index contributed by atoms with van der Waals surface area (Å²) in [4.78, 5) is 102. The number of primary amides is 1. The third-order valence-electron chi connectivity index (χ3n) is 8.22. The van der Waals surface area contributed by atoms with E-state index in [0.717, 1.165) is 0 Å². The average molecular weight is 735 g/mol. The predicted octanol–water partition coefficient (Wildman–Crippen LogP) is -1.86. The van der Waals surface area contributed by atoms with Gasteiger partial charge in [-0.25, -0.2) is 0 Å². The molecule has 0 saturated carbocycles.